The minimum absolute atomic E-state index is 0.00434. The number of aromatic nitrogens is 1. The molecule has 0 spiro atoms. The van der Waals surface area contributed by atoms with Gasteiger partial charge in [-0.25, -0.2) is 4.39 Å². The van der Waals surface area contributed by atoms with Crippen molar-refractivity contribution in [3.05, 3.63) is 71.0 Å². The van der Waals surface area contributed by atoms with Gasteiger partial charge in [-0.1, -0.05) is 25.2 Å². The van der Waals surface area contributed by atoms with Crippen LogP contribution in [-0.2, 0) is 4.79 Å². The van der Waals surface area contributed by atoms with E-state index in [1.54, 1.807) is 24.4 Å². The molecule has 1 fully saturated rings. The van der Waals surface area contributed by atoms with Gasteiger partial charge in [0.1, 0.15) is 5.75 Å². The molecular weight excluding hydrogens is 537 g/mol. The number of hydrogen-bond donors (Lipinski definition) is 4. The molecule has 4 N–H and O–H groups in total. The van der Waals surface area contributed by atoms with Gasteiger partial charge in [0, 0.05) is 36.6 Å². The quantitative estimate of drug-likeness (QED) is 0.298. The smallest absolute Gasteiger partial charge is 0.261 e. The molecule has 2 atom stereocenters. The van der Waals surface area contributed by atoms with Crippen LogP contribution in [0.15, 0.2) is 60.3 Å². The highest BCUT2D eigenvalue weighted by Crippen LogP contribution is 2.36. The number of rotatable bonds is 7. The maximum absolute atomic E-state index is 15.0. The SMILES string of the molecule is CC1C=CC(CC(=O)NC(=S)Nc2ccc(Oc3ccnc4cc(C(=O)NC5CCNC5)sc34)c(F)c2)=CC1. The number of benzene rings is 1. The van der Waals surface area contributed by atoms with Gasteiger partial charge in [-0.3, -0.25) is 14.6 Å². The lowest BCUT2D eigenvalue weighted by molar-refractivity contribution is -0.118. The number of anilines is 1. The minimum atomic E-state index is -0.617. The van der Waals surface area contributed by atoms with Crippen LogP contribution in [0, 0.1) is 11.7 Å². The largest absolute Gasteiger partial charge is 0.453 e. The summed E-state index contributed by atoms with van der Waals surface area (Å²) in [5, 5.41) is 11.8. The molecule has 3 aromatic rings. The van der Waals surface area contributed by atoms with Crippen LogP contribution in [0.3, 0.4) is 0 Å². The third-order valence-corrected chi connectivity index (χ3v) is 7.75. The van der Waals surface area contributed by atoms with Gasteiger partial charge in [0.15, 0.2) is 16.7 Å². The van der Waals surface area contributed by atoms with E-state index >= 15 is 0 Å². The first-order chi connectivity index (χ1) is 18.8. The van der Waals surface area contributed by atoms with E-state index in [4.69, 9.17) is 17.0 Å². The zero-order chi connectivity index (χ0) is 27.4. The number of pyridine rings is 1. The van der Waals surface area contributed by atoms with Gasteiger partial charge in [0.05, 0.1) is 21.5 Å². The van der Waals surface area contributed by atoms with Gasteiger partial charge < -0.3 is 26.0 Å². The number of carbonyl (C=O) groups excluding carboxylic acids is 2. The highest BCUT2D eigenvalue weighted by atomic mass is 32.1. The van der Waals surface area contributed by atoms with E-state index in [-0.39, 0.29) is 35.1 Å². The number of carbonyl (C=O) groups is 2. The summed E-state index contributed by atoms with van der Waals surface area (Å²) in [6, 6.07) is 7.76. The first-order valence-electron chi connectivity index (χ1n) is 12.7. The maximum Gasteiger partial charge on any atom is 0.261 e. The van der Waals surface area contributed by atoms with E-state index in [1.807, 2.05) is 12.2 Å². The zero-order valence-corrected chi connectivity index (χ0v) is 22.9. The van der Waals surface area contributed by atoms with Gasteiger partial charge in [0.2, 0.25) is 5.91 Å². The Bertz CT molecular complexity index is 1480. The molecule has 0 saturated carbocycles. The molecule has 2 aliphatic rings. The maximum atomic E-state index is 15.0. The van der Waals surface area contributed by atoms with Crippen molar-refractivity contribution in [1.82, 2.24) is 20.9 Å². The Labute approximate surface area is 234 Å². The molecule has 2 aromatic heterocycles. The van der Waals surface area contributed by atoms with Crippen LogP contribution < -0.4 is 26.0 Å². The fourth-order valence-electron chi connectivity index (χ4n) is 4.34. The van der Waals surface area contributed by atoms with Gasteiger partial charge in [-0.15, -0.1) is 11.3 Å². The molecule has 1 aliphatic carbocycles. The van der Waals surface area contributed by atoms with Gasteiger partial charge in [0.25, 0.3) is 5.91 Å². The molecule has 8 nitrogen and oxygen atoms in total. The number of halogens is 1. The average Bonchev–Trinajstić information content (AvgIpc) is 3.57. The highest BCUT2D eigenvalue weighted by Gasteiger charge is 2.20. The molecule has 0 bridgehead atoms. The van der Waals surface area contributed by atoms with Crippen LogP contribution in [0.2, 0.25) is 0 Å². The fraction of sp³-hybridized carbons (Fsp3) is 0.286. The van der Waals surface area contributed by atoms with Crippen molar-refractivity contribution in [1.29, 1.82) is 0 Å². The summed E-state index contributed by atoms with van der Waals surface area (Å²) in [6.07, 6.45) is 9.64. The molecule has 39 heavy (non-hydrogen) atoms. The van der Waals surface area contributed by atoms with Crippen molar-refractivity contribution in [2.75, 3.05) is 18.4 Å². The number of allylic oxidation sites excluding steroid dienone is 3. The van der Waals surface area contributed by atoms with E-state index in [1.165, 1.54) is 23.5 Å². The van der Waals surface area contributed by atoms with Crippen molar-refractivity contribution < 1.29 is 18.7 Å². The van der Waals surface area contributed by atoms with E-state index in [0.717, 1.165) is 31.5 Å². The second-order valence-corrected chi connectivity index (χ2v) is 11.0. The van der Waals surface area contributed by atoms with Crippen molar-refractivity contribution in [3.8, 4) is 11.5 Å². The lowest BCUT2D eigenvalue weighted by Gasteiger charge is -2.13. The first-order valence-corrected chi connectivity index (χ1v) is 13.9. The van der Waals surface area contributed by atoms with Crippen LogP contribution >= 0.6 is 23.6 Å². The number of fused-ring (bicyclic) bond motifs is 1. The van der Waals surface area contributed by atoms with E-state index < -0.39 is 5.82 Å². The van der Waals surface area contributed by atoms with Crippen molar-refractivity contribution in [3.63, 3.8) is 0 Å². The van der Waals surface area contributed by atoms with Crippen molar-refractivity contribution in [2.24, 2.45) is 5.92 Å². The van der Waals surface area contributed by atoms with E-state index in [9.17, 15) is 14.0 Å². The van der Waals surface area contributed by atoms with E-state index in [0.29, 0.717) is 32.4 Å². The van der Waals surface area contributed by atoms with Crippen LogP contribution in [0.4, 0.5) is 10.1 Å². The number of ether oxygens (including phenoxy) is 1. The summed E-state index contributed by atoms with van der Waals surface area (Å²) in [7, 11) is 0. The molecule has 11 heteroatoms. The Hall–Kier alpha value is -3.67. The Balaban J connectivity index is 1.21. The van der Waals surface area contributed by atoms with Gasteiger partial charge in [-0.05, 0) is 61.3 Å². The van der Waals surface area contributed by atoms with Crippen molar-refractivity contribution in [2.45, 2.75) is 32.2 Å². The summed E-state index contributed by atoms with van der Waals surface area (Å²) >= 11 is 6.47. The van der Waals surface area contributed by atoms with Crippen LogP contribution in [0.5, 0.6) is 11.5 Å². The summed E-state index contributed by atoms with van der Waals surface area (Å²) in [5.74, 6) is -0.152. The Morgan fingerprint density at radius 2 is 2.13 bits per heavy atom. The standard InChI is InChI=1S/C28H28FN5O3S2/c1-16-2-4-17(5-3-16)12-25(35)34-28(38)33-18-6-7-22(20(29)13-18)37-23-9-11-31-21-14-24(39-26(21)23)27(36)32-19-8-10-30-15-19/h2,4-7,9,11,13-14,16,19,30H,3,8,10,12,15H2,1H3,(H,32,36)(H2,33,34,35,38). The van der Waals surface area contributed by atoms with Crippen LogP contribution in [0.1, 0.15) is 35.9 Å². The summed E-state index contributed by atoms with van der Waals surface area (Å²) in [4.78, 5) is 29.9. The molecule has 1 saturated heterocycles. The number of nitrogens with zero attached hydrogens (tertiary/aromatic N) is 1. The van der Waals surface area contributed by atoms with Gasteiger partial charge >= 0.3 is 0 Å². The lowest BCUT2D eigenvalue weighted by atomic mass is 9.97. The predicted molar refractivity (Wildman–Crippen MR) is 155 cm³/mol. The molecule has 2 unspecified atom stereocenters. The normalized spacial score (nSPS) is 18.5. The Kier molecular flexibility index (Phi) is 8.30. The third kappa shape index (κ3) is 6.86. The van der Waals surface area contributed by atoms with Crippen LogP contribution in [0.25, 0.3) is 10.2 Å². The number of thiophene rings is 1. The summed E-state index contributed by atoms with van der Waals surface area (Å²) in [6.45, 7) is 3.75. The molecule has 0 radical (unpaired) electrons. The number of amides is 2. The molecule has 5 rings (SSSR count). The molecule has 202 valence electrons. The molecule has 1 aromatic carbocycles. The topological polar surface area (TPSA) is 104 Å². The van der Waals surface area contributed by atoms with Crippen LogP contribution in [-0.4, -0.2) is 41.0 Å². The number of hydrogen-bond acceptors (Lipinski definition) is 7. The third-order valence-electron chi connectivity index (χ3n) is 6.41. The summed E-state index contributed by atoms with van der Waals surface area (Å²) < 4.78 is 21.5. The predicted octanol–water partition coefficient (Wildman–Crippen LogP) is 5.04. The molecular formula is C28H28FN5O3S2. The number of nitrogens with one attached hydrogen (secondary N) is 4. The monoisotopic (exact) mass is 565 g/mol. The highest BCUT2D eigenvalue weighted by molar-refractivity contribution is 7.80. The van der Waals surface area contributed by atoms with E-state index in [2.05, 4.69) is 39.3 Å². The molecule has 1 aliphatic heterocycles. The molecule has 3 heterocycles. The molecule has 2 amide bonds. The average molecular weight is 566 g/mol. The van der Waals surface area contributed by atoms with Crippen molar-refractivity contribution >= 4 is 56.4 Å². The first kappa shape index (κ1) is 26.9. The summed E-state index contributed by atoms with van der Waals surface area (Å²) in [5.41, 5.74) is 1.91. The lowest BCUT2D eigenvalue weighted by Crippen LogP contribution is -2.35. The second kappa shape index (κ2) is 12.0. The number of thiocarbonyl (C=S) groups is 1. The Morgan fingerprint density at radius 1 is 1.26 bits per heavy atom. The second-order valence-electron chi connectivity index (χ2n) is 9.57. The Morgan fingerprint density at radius 3 is 2.87 bits per heavy atom. The zero-order valence-electron chi connectivity index (χ0n) is 21.3. The van der Waals surface area contributed by atoms with Gasteiger partial charge in [-0.2, -0.15) is 0 Å². The fourth-order valence-corrected chi connectivity index (χ4v) is 5.54. The minimum Gasteiger partial charge on any atom is -0.453 e.